The van der Waals surface area contributed by atoms with Gasteiger partial charge in [0.15, 0.2) is 0 Å². The number of hydrogen-bond acceptors (Lipinski definition) is 2. The Morgan fingerprint density at radius 1 is 1.38 bits per heavy atom. The summed E-state index contributed by atoms with van der Waals surface area (Å²) in [5.41, 5.74) is 0. The third-order valence-electron chi connectivity index (χ3n) is 1.52. The summed E-state index contributed by atoms with van der Waals surface area (Å²) in [4.78, 5) is 11.0. The van der Waals surface area contributed by atoms with Crippen LogP contribution in [0.25, 0.3) is 0 Å². The maximum Gasteiger partial charge on any atom is 0.306 e. The molecule has 0 aromatic rings. The topological polar surface area (TPSA) is 26.3 Å². The molecule has 0 spiro atoms. The number of rotatable bonds is 6. The first kappa shape index (κ1) is 12.2. The summed E-state index contributed by atoms with van der Waals surface area (Å²) in [6.07, 6.45) is 6.52. The van der Waals surface area contributed by atoms with E-state index in [1.165, 1.54) is 0 Å². The van der Waals surface area contributed by atoms with Gasteiger partial charge in [-0.25, -0.2) is 0 Å². The largest absolute Gasteiger partial charge is 0.465 e. The molecule has 0 N–H and O–H groups in total. The molecular formula is C11H20O2. The van der Waals surface area contributed by atoms with Crippen LogP contribution >= 0.6 is 0 Å². The van der Waals surface area contributed by atoms with Crippen LogP contribution in [0.5, 0.6) is 0 Å². The van der Waals surface area contributed by atoms with Gasteiger partial charge in [-0.15, -0.1) is 0 Å². The van der Waals surface area contributed by atoms with Gasteiger partial charge in [-0.2, -0.15) is 0 Å². The van der Waals surface area contributed by atoms with Crippen LogP contribution in [0.15, 0.2) is 12.2 Å². The van der Waals surface area contributed by atoms with Crippen LogP contribution in [0.2, 0.25) is 0 Å². The summed E-state index contributed by atoms with van der Waals surface area (Å²) < 4.78 is 5.01. The Morgan fingerprint density at radius 3 is 2.62 bits per heavy atom. The minimum absolute atomic E-state index is 0.0834. The van der Waals surface area contributed by atoms with Gasteiger partial charge in [-0.1, -0.05) is 32.9 Å². The first-order valence-electron chi connectivity index (χ1n) is 4.97. The van der Waals surface area contributed by atoms with E-state index in [4.69, 9.17) is 4.74 Å². The zero-order chi connectivity index (χ0) is 10.1. The Kier molecular flexibility index (Phi) is 7.36. The molecule has 0 unspecified atom stereocenters. The molecular weight excluding hydrogens is 164 g/mol. The molecule has 0 aliphatic heterocycles. The standard InChI is InChI=1S/C11H20O2/c1-4-5-6-7-8-13-11(12)9-10(2)3/h5-6,10H,4,7-9H2,1-3H3. The van der Waals surface area contributed by atoms with Crippen molar-refractivity contribution in [3.63, 3.8) is 0 Å². The molecule has 2 nitrogen and oxygen atoms in total. The van der Waals surface area contributed by atoms with Crippen molar-refractivity contribution in [1.29, 1.82) is 0 Å². The van der Waals surface area contributed by atoms with Crippen LogP contribution < -0.4 is 0 Å². The molecule has 0 aliphatic carbocycles. The lowest BCUT2D eigenvalue weighted by Crippen LogP contribution is -2.08. The predicted molar refractivity (Wildman–Crippen MR) is 54.5 cm³/mol. The number of carbonyl (C=O) groups is 1. The smallest absolute Gasteiger partial charge is 0.306 e. The second-order valence-corrected chi connectivity index (χ2v) is 3.49. The van der Waals surface area contributed by atoms with E-state index in [0.717, 1.165) is 12.8 Å². The second kappa shape index (κ2) is 7.84. The van der Waals surface area contributed by atoms with Crippen LogP contribution in [-0.2, 0) is 9.53 Å². The van der Waals surface area contributed by atoms with Gasteiger partial charge < -0.3 is 4.74 Å². The van der Waals surface area contributed by atoms with Gasteiger partial charge in [0, 0.05) is 6.42 Å². The Hall–Kier alpha value is -0.790. The van der Waals surface area contributed by atoms with Gasteiger partial charge in [-0.05, 0) is 18.8 Å². The molecule has 0 atom stereocenters. The maximum absolute atomic E-state index is 11.0. The van der Waals surface area contributed by atoms with E-state index in [1.807, 2.05) is 19.9 Å². The summed E-state index contributed by atoms with van der Waals surface area (Å²) in [5.74, 6) is 0.304. The van der Waals surface area contributed by atoms with E-state index in [1.54, 1.807) is 0 Å². The van der Waals surface area contributed by atoms with Crippen molar-refractivity contribution >= 4 is 5.97 Å². The number of hydrogen-bond donors (Lipinski definition) is 0. The summed E-state index contributed by atoms with van der Waals surface area (Å²) in [7, 11) is 0. The fraction of sp³-hybridized carbons (Fsp3) is 0.727. The van der Waals surface area contributed by atoms with Gasteiger partial charge >= 0.3 is 5.97 Å². The lowest BCUT2D eigenvalue weighted by molar-refractivity contribution is -0.144. The van der Waals surface area contributed by atoms with Crippen LogP contribution in [0.3, 0.4) is 0 Å². The predicted octanol–water partition coefficient (Wildman–Crippen LogP) is 2.93. The van der Waals surface area contributed by atoms with Crippen LogP contribution in [0.1, 0.15) is 40.0 Å². The van der Waals surface area contributed by atoms with E-state index in [0.29, 0.717) is 18.9 Å². The molecule has 0 heterocycles. The van der Waals surface area contributed by atoms with E-state index in [9.17, 15) is 4.79 Å². The normalized spacial score (nSPS) is 11.1. The molecule has 0 bridgehead atoms. The molecule has 0 saturated carbocycles. The highest BCUT2D eigenvalue weighted by molar-refractivity contribution is 5.69. The summed E-state index contributed by atoms with van der Waals surface area (Å²) in [6, 6.07) is 0. The Morgan fingerprint density at radius 2 is 2.08 bits per heavy atom. The highest BCUT2D eigenvalue weighted by atomic mass is 16.5. The molecule has 13 heavy (non-hydrogen) atoms. The van der Waals surface area contributed by atoms with E-state index in [-0.39, 0.29) is 5.97 Å². The van der Waals surface area contributed by atoms with Gasteiger partial charge in [0.2, 0.25) is 0 Å². The van der Waals surface area contributed by atoms with Crippen molar-refractivity contribution < 1.29 is 9.53 Å². The van der Waals surface area contributed by atoms with Crippen molar-refractivity contribution in [1.82, 2.24) is 0 Å². The fourth-order valence-corrected chi connectivity index (χ4v) is 0.918. The first-order chi connectivity index (χ1) is 6.16. The molecule has 76 valence electrons. The molecule has 2 heteroatoms. The van der Waals surface area contributed by atoms with Gasteiger partial charge in [-0.3, -0.25) is 4.79 Å². The summed E-state index contributed by atoms with van der Waals surface area (Å²) >= 11 is 0. The Bertz CT molecular complexity index is 159. The zero-order valence-corrected chi connectivity index (χ0v) is 8.88. The maximum atomic E-state index is 11.0. The van der Waals surface area contributed by atoms with Crippen LogP contribution in [-0.4, -0.2) is 12.6 Å². The number of carbonyl (C=O) groups excluding carboxylic acids is 1. The van der Waals surface area contributed by atoms with Crippen molar-refractivity contribution in [2.75, 3.05) is 6.61 Å². The number of allylic oxidation sites excluding steroid dienone is 1. The molecule has 0 fully saturated rings. The van der Waals surface area contributed by atoms with E-state index in [2.05, 4.69) is 13.0 Å². The average Bonchev–Trinajstić information content (AvgIpc) is 2.02. The first-order valence-corrected chi connectivity index (χ1v) is 4.97. The van der Waals surface area contributed by atoms with Crippen molar-refractivity contribution in [3.8, 4) is 0 Å². The number of esters is 1. The van der Waals surface area contributed by atoms with Crippen LogP contribution in [0, 0.1) is 5.92 Å². The summed E-state index contributed by atoms with van der Waals surface area (Å²) in [6.45, 7) is 6.62. The monoisotopic (exact) mass is 184 g/mol. The number of ether oxygens (including phenoxy) is 1. The molecule has 0 aromatic heterocycles. The summed E-state index contributed by atoms with van der Waals surface area (Å²) in [5, 5.41) is 0. The molecule has 0 aliphatic rings. The second-order valence-electron chi connectivity index (χ2n) is 3.49. The molecule has 0 aromatic carbocycles. The minimum Gasteiger partial charge on any atom is -0.465 e. The zero-order valence-electron chi connectivity index (χ0n) is 8.88. The van der Waals surface area contributed by atoms with Crippen molar-refractivity contribution in [2.45, 2.75) is 40.0 Å². The van der Waals surface area contributed by atoms with Gasteiger partial charge in [0.25, 0.3) is 0 Å². The third-order valence-corrected chi connectivity index (χ3v) is 1.52. The molecule has 0 radical (unpaired) electrons. The van der Waals surface area contributed by atoms with Crippen molar-refractivity contribution in [2.24, 2.45) is 5.92 Å². The molecule has 0 amide bonds. The van der Waals surface area contributed by atoms with Crippen LogP contribution in [0.4, 0.5) is 0 Å². The quantitative estimate of drug-likeness (QED) is 0.360. The third kappa shape index (κ3) is 9.12. The highest BCUT2D eigenvalue weighted by Gasteiger charge is 2.04. The minimum atomic E-state index is -0.0834. The van der Waals surface area contributed by atoms with Gasteiger partial charge in [0.05, 0.1) is 6.61 Å². The molecule has 0 saturated heterocycles. The van der Waals surface area contributed by atoms with E-state index >= 15 is 0 Å². The highest BCUT2D eigenvalue weighted by Crippen LogP contribution is 2.01. The fourth-order valence-electron chi connectivity index (χ4n) is 0.918. The average molecular weight is 184 g/mol. The Balaban J connectivity index is 3.32. The molecule has 0 rings (SSSR count). The van der Waals surface area contributed by atoms with Gasteiger partial charge in [0.1, 0.15) is 0 Å². The lowest BCUT2D eigenvalue weighted by atomic mass is 10.1. The van der Waals surface area contributed by atoms with E-state index < -0.39 is 0 Å². The van der Waals surface area contributed by atoms with Crippen molar-refractivity contribution in [3.05, 3.63) is 12.2 Å². The Labute approximate surface area is 81.0 Å². The SMILES string of the molecule is CCC=CCCOC(=O)CC(C)C. The lowest BCUT2D eigenvalue weighted by Gasteiger charge is -2.04.